The van der Waals surface area contributed by atoms with Crippen molar-refractivity contribution in [1.29, 1.82) is 0 Å². The Hall–Kier alpha value is -2.07. The average Bonchev–Trinajstić information content (AvgIpc) is 2.50. The third-order valence-corrected chi connectivity index (χ3v) is 4.89. The fourth-order valence-electron chi connectivity index (χ4n) is 2.45. The van der Waals surface area contributed by atoms with E-state index in [4.69, 9.17) is 5.11 Å². The number of β-lactam (4-membered cyclic amide) rings is 1. The Morgan fingerprint density at radius 2 is 1.96 bits per heavy atom. The monoisotopic (exact) mass is 344 g/mol. The predicted octanol–water partition coefficient (Wildman–Crippen LogP) is -1.03. The van der Waals surface area contributed by atoms with Crippen LogP contribution in [-0.4, -0.2) is 67.7 Å². The topological polar surface area (TPSA) is 144 Å². The number of aliphatic hydroxyl groups is 1. The number of fused-ring (bicyclic) bond motifs is 1. The molecule has 2 rings (SSSR count). The molecule has 1 saturated heterocycles. The minimum Gasteiger partial charge on any atom is -0.481 e. The van der Waals surface area contributed by atoms with Gasteiger partial charge in [0.2, 0.25) is 5.91 Å². The highest BCUT2D eigenvalue weighted by Crippen LogP contribution is 2.40. The standard InChI is InChI=1S/C13H16N2O7S/c16-4-6-5-23-12-9(11(20)15(12)10(6)13(21)22)14-7(17)2-1-3-8(18)19/h9,12,16H,1-5H2,(H,14,17)(H,18,19)(H,21,22)/t9?,12-/m0/s1. The number of carboxylic acid groups (broad SMARTS) is 2. The Bertz CT molecular complexity index is 589. The Morgan fingerprint density at radius 1 is 1.26 bits per heavy atom. The van der Waals surface area contributed by atoms with Gasteiger partial charge in [-0.1, -0.05) is 0 Å². The second-order valence-electron chi connectivity index (χ2n) is 5.12. The van der Waals surface area contributed by atoms with Gasteiger partial charge in [-0.05, 0) is 12.0 Å². The summed E-state index contributed by atoms with van der Waals surface area (Å²) in [4.78, 5) is 46.6. The second-order valence-corrected chi connectivity index (χ2v) is 6.22. The maximum Gasteiger partial charge on any atom is 0.352 e. The molecule has 2 aliphatic heterocycles. The highest BCUT2D eigenvalue weighted by Gasteiger charge is 2.53. The van der Waals surface area contributed by atoms with Crippen LogP contribution in [0.25, 0.3) is 0 Å². The van der Waals surface area contributed by atoms with Crippen LogP contribution in [0.1, 0.15) is 19.3 Å². The van der Waals surface area contributed by atoms with E-state index in [1.807, 2.05) is 0 Å². The second kappa shape index (κ2) is 7.01. The fourth-order valence-corrected chi connectivity index (χ4v) is 3.79. The summed E-state index contributed by atoms with van der Waals surface area (Å²) in [6.07, 6.45) is 0.0115. The molecule has 9 nitrogen and oxygen atoms in total. The van der Waals surface area contributed by atoms with Crippen molar-refractivity contribution in [2.24, 2.45) is 0 Å². The zero-order valence-corrected chi connectivity index (χ0v) is 12.8. The molecule has 0 radical (unpaired) electrons. The lowest BCUT2D eigenvalue weighted by atomic mass is 10.0. The summed E-state index contributed by atoms with van der Waals surface area (Å²) < 4.78 is 0. The van der Waals surface area contributed by atoms with Crippen LogP contribution in [0.15, 0.2) is 11.3 Å². The smallest absolute Gasteiger partial charge is 0.352 e. The molecule has 0 aromatic rings. The van der Waals surface area contributed by atoms with Gasteiger partial charge in [0, 0.05) is 18.6 Å². The number of nitrogens with zero attached hydrogens (tertiary/aromatic N) is 1. The third kappa shape index (κ3) is 3.48. The summed E-state index contributed by atoms with van der Waals surface area (Å²) in [5.41, 5.74) is 0.0379. The number of carboxylic acids is 2. The van der Waals surface area contributed by atoms with Gasteiger partial charge in [-0.3, -0.25) is 19.3 Å². The van der Waals surface area contributed by atoms with Gasteiger partial charge < -0.3 is 20.6 Å². The molecule has 1 fully saturated rings. The SMILES string of the molecule is O=C(O)CCCC(=O)NC1C(=O)N2C(C(=O)O)=C(CO)CS[C@@H]12. The van der Waals surface area contributed by atoms with Crippen molar-refractivity contribution in [3.8, 4) is 0 Å². The van der Waals surface area contributed by atoms with E-state index in [-0.39, 0.29) is 36.3 Å². The van der Waals surface area contributed by atoms with Gasteiger partial charge in [0.15, 0.2) is 0 Å². The van der Waals surface area contributed by atoms with E-state index in [0.717, 1.165) is 4.90 Å². The van der Waals surface area contributed by atoms with Crippen LogP contribution < -0.4 is 5.32 Å². The van der Waals surface area contributed by atoms with Crippen molar-refractivity contribution in [1.82, 2.24) is 10.2 Å². The van der Waals surface area contributed by atoms with Crippen LogP contribution >= 0.6 is 11.8 Å². The summed E-state index contributed by atoms with van der Waals surface area (Å²) in [7, 11) is 0. The van der Waals surface area contributed by atoms with Gasteiger partial charge in [0.25, 0.3) is 5.91 Å². The average molecular weight is 344 g/mol. The number of hydrogen-bond acceptors (Lipinski definition) is 6. The van der Waals surface area contributed by atoms with Crippen molar-refractivity contribution in [3.05, 3.63) is 11.3 Å². The van der Waals surface area contributed by atoms with Crippen LogP contribution in [0.3, 0.4) is 0 Å². The third-order valence-electron chi connectivity index (χ3n) is 3.55. The Labute approximate surface area is 135 Å². The molecule has 2 heterocycles. The van der Waals surface area contributed by atoms with Gasteiger partial charge in [-0.15, -0.1) is 11.8 Å². The van der Waals surface area contributed by atoms with Crippen molar-refractivity contribution in [3.63, 3.8) is 0 Å². The molecule has 10 heteroatoms. The Balaban J connectivity index is 1.98. The first-order valence-electron chi connectivity index (χ1n) is 6.88. The van der Waals surface area contributed by atoms with Gasteiger partial charge in [-0.2, -0.15) is 0 Å². The molecule has 0 spiro atoms. The van der Waals surface area contributed by atoms with Gasteiger partial charge in [-0.25, -0.2) is 4.79 Å². The fraction of sp³-hybridized carbons (Fsp3) is 0.538. The predicted molar refractivity (Wildman–Crippen MR) is 78.3 cm³/mol. The first kappa shape index (κ1) is 17.3. The summed E-state index contributed by atoms with van der Waals surface area (Å²) >= 11 is 1.26. The molecule has 4 N–H and O–H groups in total. The number of hydrogen-bond donors (Lipinski definition) is 4. The van der Waals surface area contributed by atoms with E-state index in [1.54, 1.807) is 0 Å². The number of carbonyl (C=O) groups is 4. The van der Waals surface area contributed by atoms with Crippen LogP contribution in [0.4, 0.5) is 0 Å². The first-order chi connectivity index (χ1) is 10.9. The summed E-state index contributed by atoms with van der Waals surface area (Å²) in [5, 5.41) is 28.9. The molecule has 0 aromatic carbocycles. The van der Waals surface area contributed by atoms with Crippen LogP contribution in [-0.2, 0) is 19.2 Å². The lowest BCUT2D eigenvalue weighted by Gasteiger charge is -2.49. The Morgan fingerprint density at radius 3 is 2.52 bits per heavy atom. The molecular weight excluding hydrogens is 328 g/mol. The van der Waals surface area contributed by atoms with Gasteiger partial charge in [0.1, 0.15) is 17.1 Å². The summed E-state index contributed by atoms with van der Waals surface area (Å²) in [5.74, 6) is -3.02. The number of aliphatic carboxylic acids is 2. The normalized spacial score (nSPS) is 23.2. The van der Waals surface area contributed by atoms with E-state index in [1.165, 1.54) is 11.8 Å². The van der Waals surface area contributed by atoms with Crippen LogP contribution in [0, 0.1) is 0 Å². The number of aliphatic hydroxyl groups excluding tert-OH is 1. The molecule has 0 bridgehead atoms. The summed E-state index contributed by atoms with van der Waals surface area (Å²) in [6.45, 7) is -0.447. The van der Waals surface area contributed by atoms with Crippen molar-refractivity contribution >= 4 is 35.5 Å². The van der Waals surface area contributed by atoms with Crippen LogP contribution in [0.2, 0.25) is 0 Å². The number of thioether (sulfide) groups is 1. The largest absolute Gasteiger partial charge is 0.481 e. The highest BCUT2D eigenvalue weighted by molar-refractivity contribution is 8.00. The maximum atomic E-state index is 12.1. The minimum atomic E-state index is -1.29. The highest BCUT2D eigenvalue weighted by atomic mass is 32.2. The van der Waals surface area contributed by atoms with Crippen molar-refractivity contribution < 1.29 is 34.5 Å². The lowest BCUT2D eigenvalue weighted by Crippen LogP contribution is -2.70. The number of rotatable bonds is 7. The lowest BCUT2D eigenvalue weighted by molar-refractivity contribution is -0.150. The first-order valence-corrected chi connectivity index (χ1v) is 7.93. The van der Waals surface area contributed by atoms with E-state index < -0.39 is 41.8 Å². The van der Waals surface area contributed by atoms with Gasteiger partial charge in [0.05, 0.1) is 6.61 Å². The molecule has 0 aliphatic carbocycles. The number of carbonyl (C=O) groups excluding carboxylic acids is 2. The quantitative estimate of drug-likeness (QED) is 0.429. The number of amides is 2. The van der Waals surface area contributed by atoms with E-state index in [0.29, 0.717) is 0 Å². The molecule has 23 heavy (non-hydrogen) atoms. The molecule has 1 unspecified atom stereocenters. The minimum absolute atomic E-state index is 0.0169. The summed E-state index contributed by atoms with van der Waals surface area (Å²) in [6, 6.07) is -0.827. The van der Waals surface area contributed by atoms with E-state index in [9.17, 15) is 29.4 Å². The van der Waals surface area contributed by atoms with Crippen molar-refractivity contribution in [2.45, 2.75) is 30.7 Å². The van der Waals surface area contributed by atoms with Crippen LogP contribution in [0.5, 0.6) is 0 Å². The molecular formula is C13H16N2O7S. The zero-order chi connectivity index (χ0) is 17.1. The molecule has 2 atom stereocenters. The zero-order valence-electron chi connectivity index (χ0n) is 12.0. The molecule has 2 amide bonds. The maximum absolute atomic E-state index is 12.1. The van der Waals surface area contributed by atoms with E-state index >= 15 is 0 Å². The molecule has 0 saturated carbocycles. The molecule has 2 aliphatic rings. The van der Waals surface area contributed by atoms with Crippen molar-refractivity contribution in [2.75, 3.05) is 12.4 Å². The molecule has 0 aromatic heterocycles. The van der Waals surface area contributed by atoms with Gasteiger partial charge >= 0.3 is 11.9 Å². The molecule has 126 valence electrons. The number of nitrogens with one attached hydrogen (secondary N) is 1. The van der Waals surface area contributed by atoms with E-state index in [2.05, 4.69) is 5.32 Å². The Kier molecular flexibility index (Phi) is 5.26.